The van der Waals surface area contributed by atoms with Crippen LogP contribution in [0.2, 0.25) is 5.02 Å². The first kappa shape index (κ1) is 17.0. The van der Waals surface area contributed by atoms with Gasteiger partial charge in [0.25, 0.3) is 0 Å². The third-order valence-corrected chi connectivity index (χ3v) is 5.41. The van der Waals surface area contributed by atoms with E-state index in [1.54, 1.807) is 0 Å². The Balaban J connectivity index is 1.32. The van der Waals surface area contributed by atoms with Crippen molar-refractivity contribution in [3.8, 4) is 0 Å². The van der Waals surface area contributed by atoms with Crippen molar-refractivity contribution in [2.45, 2.75) is 12.8 Å². The predicted octanol–water partition coefficient (Wildman–Crippen LogP) is 3.78. The molecule has 1 aliphatic heterocycles. The summed E-state index contributed by atoms with van der Waals surface area (Å²) in [5, 5.41) is 14.1. The van der Waals surface area contributed by atoms with E-state index in [9.17, 15) is 4.79 Å². The summed E-state index contributed by atoms with van der Waals surface area (Å²) >= 11 is 7.44. The van der Waals surface area contributed by atoms with Crippen molar-refractivity contribution in [1.29, 1.82) is 0 Å². The number of nitrogens with zero attached hydrogens (tertiary/aromatic N) is 3. The zero-order valence-electron chi connectivity index (χ0n) is 14.0. The van der Waals surface area contributed by atoms with Crippen LogP contribution in [0.3, 0.4) is 0 Å². The summed E-state index contributed by atoms with van der Waals surface area (Å²) in [4.78, 5) is 14.0. The number of hydrogen-bond donors (Lipinski definition) is 1. The highest BCUT2D eigenvalue weighted by Crippen LogP contribution is 2.28. The maximum absolute atomic E-state index is 12.2. The molecule has 0 unspecified atom stereocenters. The number of hydrogen-bond acceptors (Lipinski definition) is 5. The highest BCUT2D eigenvalue weighted by Gasteiger charge is 2.26. The van der Waals surface area contributed by atoms with Gasteiger partial charge in [0.2, 0.25) is 11.0 Å². The number of benzene rings is 2. The summed E-state index contributed by atoms with van der Waals surface area (Å²) < 4.78 is 0. The van der Waals surface area contributed by atoms with Gasteiger partial charge < -0.3 is 10.2 Å². The first-order chi connectivity index (χ1) is 12.7. The number of carbonyl (C=O) groups excluding carboxylic acids is 1. The molecule has 1 amide bonds. The second kappa shape index (κ2) is 7.43. The van der Waals surface area contributed by atoms with E-state index in [1.165, 1.54) is 11.3 Å². The van der Waals surface area contributed by atoms with Crippen LogP contribution in [0.5, 0.6) is 0 Å². The molecule has 0 atom stereocenters. The molecule has 0 radical (unpaired) electrons. The monoisotopic (exact) mass is 384 g/mol. The van der Waals surface area contributed by atoms with Gasteiger partial charge in [-0.15, -0.1) is 10.2 Å². The lowest BCUT2D eigenvalue weighted by atomic mass is 10.2. The Morgan fingerprint density at radius 1 is 1.12 bits per heavy atom. The van der Waals surface area contributed by atoms with Gasteiger partial charge >= 0.3 is 0 Å². The standard InChI is InChI=1S/C19H17ClN4OS/c20-15-7-5-13(6-8-15)11-17-22-23-19(26-17)21-9-10-24-16-4-2-1-3-14(16)12-18(24)25/h1-8H,9-12H2,(H,21,23). The van der Waals surface area contributed by atoms with Crippen LogP contribution in [0.25, 0.3) is 0 Å². The number of halogens is 1. The number of nitrogens with one attached hydrogen (secondary N) is 1. The normalized spacial score (nSPS) is 13.1. The molecule has 0 spiro atoms. The van der Waals surface area contributed by atoms with Crippen molar-refractivity contribution in [2.24, 2.45) is 0 Å². The van der Waals surface area contributed by atoms with Gasteiger partial charge in [-0.3, -0.25) is 4.79 Å². The summed E-state index contributed by atoms with van der Waals surface area (Å²) in [6, 6.07) is 15.7. The predicted molar refractivity (Wildman–Crippen MR) is 105 cm³/mol. The molecule has 0 saturated heterocycles. The van der Waals surface area contributed by atoms with Crippen molar-refractivity contribution < 1.29 is 4.79 Å². The van der Waals surface area contributed by atoms with E-state index in [0.717, 1.165) is 38.4 Å². The van der Waals surface area contributed by atoms with E-state index in [0.29, 0.717) is 19.5 Å². The van der Waals surface area contributed by atoms with Gasteiger partial charge in [-0.1, -0.05) is 53.3 Å². The van der Waals surface area contributed by atoms with E-state index >= 15 is 0 Å². The molecule has 2 aromatic carbocycles. The molecule has 7 heteroatoms. The van der Waals surface area contributed by atoms with Gasteiger partial charge in [-0.25, -0.2) is 0 Å². The quantitative estimate of drug-likeness (QED) is 0.702. The van der Waals surface area contributed by atoms with E-state index in [-0.39, 0.29) is 5.91 Å². The highest BCUT2D eigenvalue weighted by atomic mass is 35.5. The number of carbonyl (C=O) groups is 1. The molecule has 26 heavy (non-hydrogen) atoms. The minimum atomic E-state index is 0.147. The van der Waals surface area contributed by atoms with Crippen molar-refractivity contribution in [2.75, 3.05) is 23.3 Å². The smallest absolute Gasteiger partial charge is 0.231 e. The Morgan fingerprint density at radius 3 is 2.77 bits per heavy atom. The summed E-state index contributed by atoms with van der Waals surface area (Å²) in [6.45, 7) is 1.25. The summed E-state index contributed by atoms with van der Waals surface area (Å²) in [5.41, 5.74) is 3.26. The maximum Gasteiger partial charge on any atom is 0.231 e. The molecule has 4 rings (SSSR count). The topological polar surface area (TPSA) is 58.1 Å². The number of anilines is 2. The Hall–Kier alpha value is -2.44. The molecule has 0 bridgehead atoms. The maximum atomic E-state index is 12.2. The highest BCUT2D eigenvalue weighted by molar-refractivity contribution is 7.15. The zero-order valence-corrected chi connectivity index (χ0v) is 15.6. The molecular weight excluding hydrogens is 368 g/mol. The van der Waals surface area contributed by atoms with E-state index < -0.39 is 0 Å². The zero-order chi connectivity index (χ0) is 17.9. The Labute approximate surface area is 160 Å². The van der Waals surface area contributed by atoms with Gasteiger partial charge in [0, 0.05) is 30.2 Å². The van der Waals surface area contributed by atoms with Gasteiger partial charge in [-0.05, 0) is 29.3 Å². The van der Waals surface area contributed by atoms with Gasteiger partial charge in [-0.2, -0.15) is 0 Å². The lowest BCUT2D eigenvalue weighted by Crippen LogP contribution is -2.31. The fraction of sp³-hybridized carbons (Fsp3) is 0.211. The van der Waals surface area contributed by atoms with Gasteiger partial charge in [0.05, 0.1) is 6.42 Å². The Morgan fingerprint density at radius 2 is 1.92 bits per heavy atom. The van der Waals surface area contributed by atoms with Crippen molar-refractivity contribution in [1.82, 2.24) is 10.2 Å². The van der Waals surface area contributed by atoms with Gasteiger partial charge in [0.1, 0.15) is 5.01 Å². The summed E-state index contributed by atoms with van der Waals surface area (Å²) in [7, 11) is 0. The molecule has 0 aliphatic carbocycles. The third kappa shape index (κ3) is 3.71. The average Bonchev–Trinajstić information content (AvgIpc) is 3.21. The average molecular weight is 385 g/mol. The third-order valence-electron chi connectivity index (χ3n) is 4.27. The summed E-state index contributed by atoms with van der Waals surface area (Å²) in [6.07, 6.45) is 1.22. The lowest BCUT2D eigenvalue weighted by Gasteiger charge is -2.17. The molecular formula is C19H17ClN4OS. The van der Waals surface area contributed by atoms with Crippen molar-refractivity contribution in [3.05, 3.63) is 69.7 Å². The van der Waals surface area contributed by atoms with Crippen molar-refractivity contribution >= 4 is 39.7 Å². The number of para-hydroxylation sites is 1. The molecule has 0 fully saturated rings. The van der Waals surface area contributed by atoms with Gasteiger partial charge in [0.15, 0.2) is 0 Å². The molecule has 1 aliphatic rings. The first-order valence-corrected chi connectivity index (χ1v) is 9.57. The van der Waals surface area contributed by atoms with E-state index in [1.807, 2.05) is 53.4 Å². The van der Waals surface area contributed by atoms with Crippen LogP contribution in [0.1, 0.15) is 16.1 Å². The molecule has 0 saturated carbocycles. The minimum Gasteiger partial charge on any atom is -0.358 e. The molecule has 1 aromatic heterocycles. The van der Waals surface area contributed by atoms with E-state index in [2.05, 4.69) is 15.5 Å². The second-order valence-electron chi connectivity index (χ2n) is 6.08. The molecule has 2 heterocycles. The van der Waals surface area contributed by atoms with Crippen LogP contribution in [0, 0.1) is 0 Å². The SMILES string of the molecule is O=C1Cc2ccccc2N1CCNc1nnc(Cc2ccc(Cl)cc2)s1. The summed E-state index contributed by atoms with van der Waals surface area (Å²) in [5.74, 6) is 0.147. The van der Waals surface area contributed by atoms with Crippen LogP contribution in [-0.4, -0.2) is 29.2 Å². The fourth-order valence-electron chi connectivity index (χ4n) is 3.01. The fourth-order valence-corrected chi connectivity index (χ4v) is 3.94. The second-order valence-corrected chi connectivity index (χ2v) is 7.58. The van der Waals surface area contributed by atoms with E-state index in [4.69, 9.17) is 11.6 Å². The molecule has 132 valence electrons. The molecule has 5 nitrogen and oxygen atoms in total. The largest absolute Gasteiger partial charge is 0.358 e. The van der Waals surface area contributed by atoms with Crippen LogP contribution in [0.4, 0.5) is 10.8 Å². The van der Waals surface area contributed by atoms with Crippen LogP contribution >= 0.6 is 22.9 Å². The Kier molecular flexibility index (Phi) is 4.86. The van der Waals surface area contributed by atoms with Crippen molar-refractivity contribution in [3.63, 3.8) is 0 Å². The number of aromatic nitrogens is 2. The first-order valence-electron chi connectivity index (χ1n) is 8.38. The Bertz CT molecular complexity index is 925. The number of rotatable bonds is 6. The molecule has 3 aromatic rings. The lowest BCUT2D eigenvalue weighted by molar-refractivity contribution is -0.117. The molecule has 1 N–H and O–H groups in total. The van der Waals surface area contributed by atoms with Crippen LogP contribution in [-0.2, 0) is 17.6 Å². The minimum absolute atomic E-state index is 0.147. The van der Waals surface area contributed by atoms with Crippen LogP contribution in [0.15, 0.2) is 48.5 Å². The number of fused-ring (bicyclic) bond motifs is 1. The van der Waals surface area contributed by atoms with Crippen LogP contribution < -0.4 is 10.2 Å². The number of amides is 1.